The zero-order valence-electron chi connectivity index (χ0n) is 8.03. The Labute approximate surface area is 80.9 Å². The van der Waals surface area contributed by atoms with Crippen LogP contribution in [-0.2, 0) is 0 Å². The van der Waals surface area contributed by atoms with Gasteiger partial charge >= 0.3 is 0 Å². The van der Waals surface area contributed by atoms with Crippen molar-refractivity contribution >= 4 is 14.7 Å². The van der Waals surface area contributed by atoms with Crippen molar-refractivity contribution in [1.82, 2.24) is 0 Å². The molecule has 0 radical (unpaired) electrons. The predicted octanol–water partition coefficient (Wildman–Crippen LogP) is 2.00. The van der Waals surface area contributed by atoms with Crippen LogP contribution in [-0.4, -0.2) is 9.52 Å². The largest absolute Gasteiger partial charge is 0.269 e. The summed E-state index contributed by atoms with van der Waals surface area (Å²) in [6.45, 7) is 2.26. The second kappa shape index (κ2) is 9.39. The lowest BCUT2D eigenvalue weighted by Gasteiger charge is -1.97. The van der Waals surface area contributed by atoms with Gasteiger partial charge in [-0.15, -0.1) is 0 Å². The fraction of sp³-hybridized carbons (Fsp3) is 0.400. The van der Waals surface area contributed by atoms with Crippen LogP contribution < -0.4 is 5.19 Å². The van der Waals surface area contributed by atoms with Crippen molar-refractivity contribution in [2.24, 2.45) is 0 Å². The molecule has 13 heavy (non-hydrogen) atoms. The molecule has 1 aromatic carbocycles. The van der Waals surface area contributed by atoms with Crippen LogP contribution in [0.5, 0.6) is 0 Å². The molecule has 0 aliphatic heterocycles. The van der Waals surface area contributed by atoms with E-state index in [1.807, 2.05) is 0 Å². The number of unbranched alkanes of at least 4 members (excludes halogenated alkanes) is 1. The zero-order valence-corrected chi connectivity index (χ0v) is 9.45. The van der Waals surface area contributed by atoms with E-state index in [1.54, 1.807) is 5.19 Å². The quantitative estimate of drug-likeness (QED) is 0.520. The SMILES string of the molecule is CCCC[SiH2]c1ccccc1.F.F. The molecule has 1 aromatic rings. The van der Waals surface area contributed by atoms with E-state index in [2.05, 4.69) is 37.3 Å². The van der Waals surface area contributed by atoms with E-state index in [4.69, 9.17) is 0 Å². The maximum absolute atomic E-state index is 2.27. The van der Waals surface area contributed by atoms with Crippen LogP contribution in [0.4, 0.5) is 9.41 Å². The van der Waals surface area contributed by atoms with Crippen molar-refractivity contribution < 1.29 is 9.41 Å². The Bertz CT molecular complexity index is 189. The Hall–Kier alpha value is -0.703. The van der Waals surface area contributed by atoms with E-state index < -0.39 is 0 Å². The molecule has 0 bridgehead atoms. The van der Waals surface area contributed by atoms with Crippen molar-refractivity contribution in [2.75, 3.05) is 0 Å². The predicted molar refractivity (Wildman–Crippen MR) is 59.3 cm³/mol. The van der Waals surface area contributed by atoms with Crippen LogP contribution in [0.1, 0.15) is 19.8 Å². The van der Waals surface area contributed by atoms with Crippen LogP contribution in [0.25, 0.3) is 0 Å². The molecular formula is C10H18F2Si. The van der Waals surface area contributed by atoms with Crippen molar-refractivity contribution in [2.45, 2.75) is 25.8 Å². The van der Waals surface area contributed by atoms with E-state index in [1.165, 1.54) is 18.9 Å². The van der Waals surface area contributed by atoms with Crippen LogP contribution in [0.3, 0.4) is 0 Å². The molecule has 0 saturated heterocycles. The lowest BCUT2D eigenvalue weighted by Crippen LogP contribution is -2.11. The summed E-state index contributed by atoms with van der Waals surface area (Å²) in [5, 5.41) is 1.61. The standard InChI is InChI=1S/C10H16Si.2FH/c1-2-3-9-11-10-7-5-4-6-8-10;;/h4-8H,2-3,9,11H2,1H3;2*1H. The van der Waals surface area contributed by atoms with Crippen LogP contribution >= 0.6 is 0 Å². The molecule has 0 aromatic heterocycles. The van der Waals surface area contributed by atoms with Crippen LogP contribution in [0, 0.1) is 0 Å². The van der Waals surface area contributed by atoms with Gasteiger partial charge in [0.15, 0.2) is 0 Å². The van der Waals surface area contributed by atoms with E-state index in [0.29, 0.717) is 0 Å². The summed E-state index contributed by atoms with van der Waals surface area (Å²) in [6.07, 6.45) is 2.76. The van der Waals surface area contributed by atoms with Gasteiger partial charge in [0.05, 0.1) is 9.52 Å². The third-order valence-corrected chi connectivity index (χ3v) is 3.81. The summed E-state index contributed by atoms with van der Waals surface area (Å²) in [5.74, 6) is 0. The van der Waals surface area contributed by atoms with Gasteiger partial charge in [0.1, 0.15) is 0 Å². The molecule has 0 heterocycles. The fourth-order valence-corrected chi connectivity index (χ4v) is 2.99. The Balaban J connectivity index is 0. The van der Waals surface area contributed by atoms with Crippen molar-refractivity contribution in [1.29, 1.82) is 0 Å². The van der Waals surface area contributed by atoms with E-state index in [9.17, 15) is 0 Å². The van der Waals surface area contributed by atoms with Crippen LogP contribution in [0.15, 0.2) is 30.3 Å². The van der Waals surface area contributed by atoms with E-state index in [0.717, 1.165) is 0 Å². The third kappa shape index (κ3) is 6.46. The van der Waals surface area contributed by atoms with Gasteiger partial charge in [0, 0.05) is 0 Å². The fourth-order valence-electron chi connectivity index (χ4n) is 1.22. The van der Waals surface area contributed by atoms with Gasteiger partial charge in [-0.05, 0) is 0 Å². The highest BCUT2D eigenvalue weighted by Gasteiger charge is 1.90. The van der Waals surface area contributed by atoms with Crippen molar-refractivity contribution in [3.63, 3.8) is 0 Å². The number of hydrogen-bond acceptors (Lipinski definition) is 0. The van der Waals surface area contributed by atoms with Gasteiger partial charge in [-0.3, -0.25) is 9.41 Å². The number of benzene rings is 1. The van der Waals surface area contributed by atoms with Gasteiger partial charge in [-0.2, -0.15) is 0 Å². The summed E-state index contributed by atoms with van der Waals surface area (Å²) in [6, 6.07) is 12.4. The molecule has 0 aliphatic carbocycles. The number of halogens is 2. The molecule has 0 aliphatic rings. The molecular weight excluding hydrogens is 186 g/mol. The first-order chi connectivity index (χ1) is 5.43. The molecule has 1 rings (SSSR count). The lowest BCUT2D eigenvalue weighted by atomic mass is 10.4. The molecule has 0 saturated carbocycles. The summed E-state index contributed by atoms with van der Waals surface area (Å²) in [7, 11) is 0.0776. The molecule has 0 spiro atoms. The average Bonchev–Trinajstić information content (AvgIpc) is 2.07. The molecule has 76 valence electrons. The normalized spacial score (nSPS) is 9.31. The highest BCUT2D eigenvalue weighted by molar-refractivity contribution is 6.53. The minimum atomic E-state index is 0. The van der Waals surface area contributed by atoms with Crippen molar-refractivity contribution in [3.8, 4) is 0 Å². The van der Waals surface area contributed by atoms with Gasteiger partial charge in [0.2, 0.25) is 0 Å². The molecule has 0 fully saturated rings. The van der Waals surface area contributed by atoms with Gasteiger partial charge in [0.25, 0.3) is 0 Å². The highest BCUT2D eigenvalue weighted by Crippen LogP contribution is 1.93. The molecule has 0 amide bonds. The first kappa shape index (κ1) is 14.8. The first-order valence-electron chi connectivity index (χ1n) is 4.47. The van der Waals surface area contributed by atoms with Gasteiger partial charge in [-0.1, -0.05) is 61.3 Å². The second-order valence-corrected chi connectivity index (χ2v) is 4.97. The second-order valence-electron chi connectivity index (χ2n) is 2.94. The lowest BCUT2D eigenvalue weighted by molar-refractivity contribution is 0.881. The van der Waals surface area contributed by atoms with Crippen molar-refractivity contribution in [3.05, 3.63) is 30.3 Å². The molecule has 0 unspecified atom stereocenters. The Morgan fingerprint density at radius 3 is 2.23 bits per heavy atom. The summed E-state index contributed by atoms with van der Waals surface area (Å²) < 4.78 is 0. The Morgan fingerprint density at radius 2 is 1.69 bits per heavy atom. The van der Waals surface area contributed by atoms with E-state index >= 15 is 0 Å². The summed E-state index contributed by atoms with van der Waals surface area (Å²) in [4.78, 5) is 0. The van der Waals surface area contributed by atoms with Gasteiger partial charge in [-0.25, -0.2) is 0 Å². The van der Waals surface area contributed by atoms with Crippen LogP contribution in [0.2, 0.25) is 6.04 Å². The smallest absolute Gasteiger partial charge is 0.0547 e. The third-order valence-electron chi connectivity index (χ3n) is 1.91. The monoisotopic (exact) mass is 204 g/mol. The molecule has 0 nitrogen and oxygen atoms in total. The maximum atomic E-state index is 2.27. The minimum Gasteiger partial charge on any atom is -0.269 e. The topological polar surface area (TPSA) is 0 Å². The molecule has 3 heteroatoms. The summed E-state index contributed by atoms with van der Waals surface area (Å²) in [5.41, 5.74) is 0. The highest BCUT2D eigenvalue weighted by atomic mass is 28.2. The first-order valence-corrected chi connectivity index (χ1v) is 6.18. The Morgan fingerprint density at radius 1 is 1.08 bits per heavy atom. The number of rotatable bonds is 4. The minimum absolute atomic E-state index is 0. The number of hydrogen-bond donors (Lipinski definition) is 0. The maximum Gasteiger partial charge on any atom is 0.0547 e. The average molecular weight is 204 g/mol. The summed E-state index contributed by atoms with van der Waals surface area (Å²) >= 11 is 0. The Kier molecular flexibility index (Phi) is 10.7. The zero-order chi connectivity index (χ0) is 7.94. The van der Waals surface area contributed by atoms with Gasteiger partial charge < -0.3 is 0 Å². The van der Waals surface area contributed by atoms with E-state index in [-0.39, 0.29) is 18.9 Å². The molecule has 0 atom stereocenters. The molecule has 0 N–H and O–H groups in total.